The van der Waals surface area contributed by atoms with Crippen molar-refractivity contribution in [2.45, 2.75) is 70.3 Å². The van der Waals surface area contributed by atoms with Gasteiger partial charge in [0.05, 0.1) is 19.6 Å². The van der Waals surface area contributed by atoms with Crippen LogP contribution in [-0.2, 0) is 16.0 Å². The number of benzene rings is 1. The molecule has 6 heteroatoms. The number of amides is 1. The van der Waals surface area contributed by atoms with Crippen LogP contribution < -0.4 is 10.1 Å². The second kappa shape index (κ2) is 14.9. The number of rotatable bonds is 16. The van der Waals surface area contributed by atoms with Crippen molar-refractivity contribution in [3.63, 3.8) is 0 Å². The molecule has 0 bridgehead atoms. The highest BCUT2D eigenvalue weighted by Gasteiger charge is 2.16. The minimum Gasteiger partial charge on any atom is -0.497 e. The molecule has 0 saturated carbocycles. The van der Waals surface area contributed by atoms with Gasteiger partial charge in [-0.1, -0.05) is 44.2 Å². The Morgan fingerprint density at radius 3 is 2.14 bits per heavy atom. The van der Waals surface area contributed by atoms with Gasteiger partial charge in [-0.2, -0.15) is 0 Å². The lowest BCUT2D eigenvalue weighted by atomic mass is 10.0. The van der Waals surface area contributed by atoms with Crippen LogP contribution in [0.15, 0.2) is 24.3 Å². The number of methoxy groups -OCH3 is 1. The van der Waals surface area contributed by atoms with Crippen LogP contribution in [-0.4, -0.2) is 55.7 Å². The van der Waals surface area contributed by atoms with Gasteiger partial charge in [0, 0.05) is 13.0 Å². The van der Waals surface area contributed by atoms with Gasteiger partial charge in [0.1, 0.15) is 5.75 Å². The zero-order valence-electron chi connectivity index (χ0n) is 18.3. The molecular weight excluding hydrogens is 368 g/mol. The standard InChI is InChI=1S/C23H38N2O4/c1-25(2)18-20(17-23(27)28)24-22(26)12-10-8-6-4-5-7-9-11-19-13-15-21(29-3)16-14-19/h13-16,20H,4-12,17-18H2,1-3H3,(H,24,26)(H,27,28). The number of nitrogens with one attached hydrogen (secondary N) is 1. The van der Waals surface area contributed by atoms with Crippen molar-refractivity contribution in [1.29, 1.82) is 0 Å². The van der Waals surface area contributed by atoms with Crippen LogP contribution in [0, 0.1) is 0 Å². The number of aryl methyl sites for hydroxylation is 1. The molecule has 0 aromatic heterocycles. The summed E-state index contributed by atoms with van der Waals surface area (Å²) in [5.74, 6) is -0.0285. The average Bonchev–Trinajstić information content (AvgIpc) is 2.66. The Morgan fingerprint density at radius 2 is 1.59 bits per heavy atom. The summed E-state index contributed by atoms with van der Waals surface area (Å²) >= 11 is 0. The highest BCUT2D eigenvalue weighted by atomic mass is 16.5. The number of hydrogen-bond acceptors (Lipinski definition) is 4. The van der Waals surface area contributed by atoms with E-state index in [1.54, 1.807) is 7.11 Å². The summed E-state index contributed by atoms with van der Waals surface area (Å²) in [5, 5.41) is 11.8. The number of nitrogens with zero attached hydrogens (tertiary/aromatic N) is 1. The number of aliphatic carboxylic acids is 1. The van der Waals surface area contributed by atoms with Crippen molar-refractivity contribution in [1.82, 2.24) is 10.2 Å². The normalized spacial score (nSPS) is 12.0. The summed E-state index contributed by atoms with van der Waals surface area (Å²) in [4.78, 5) is 24.8. The summed E-state index contributed by atoms with van der Waals surface area (Å²) in [5.41, 5.74) is 1.35. The molecule has 29 heavy (non-hydrogen) atoms. The quantitative estimate of drug-likeness (QED) is 0.407. The van der Waals surface area contributed by atoms with Crippen molar-refractivity contribution in [2.24, 2.45) is 0 Å². The minimum atomic E-state index is -0.885. The maximum absolute atomic E-state index is 12.0. The third-order valence-electron chi connectivity index (χ3n) is 4.90. The highest BCUT2D eigenvalue weighted by molar-refractivity contribution is 5.77. The van der Waals surface area contributed by atoms with E-state index >= 15 is 0 Å². The van der Waals surface area contributed by atoms with Crippen LogP contribution >= 0.6 is 0 Å². The van der Waals surface area contributed by atoms with Crippen LogP contribution in [0.1, 0.15) is 63.4 Å². The minimum absolute atomic E-state index is 0.0412. The van der Waals surface area contributed by atoms with Crippen molar-refractivity contribution in [2.75, 3.05) is 27.7 Å². The van der Waals surface area contributed by atoms with E-state index < -0.39 is 5.97 Å². The van der Waals surface area contributed by atoms with E-state index in [1.807, 2.05) is 31.1 Å². The molecule has 6 nitrogen and oxygen atoms in total. The second-order valence-electron chi connectivity index (χ2n) is 7.95. The van der Waals surface area contributed by atoms with Gasteiger partial charge < -0.3 is 20.1 Å². The van der Waals surface area contributed by atoms with Crippen molar-refractivity contribution < 1.29 is 19.4 Å². The molecule has 0 aliphatic carbocycles. The molecule has 1 atom stereocenters. The van der Waals surface area contributed by atoms with Gasteiger partial charge in [0.25, 0.3) is 0 Å². The van der Waals surface area contributed by atoms with Gasteiger partial charge in [0.2, 0.25) is 5.91 Å². The molecular formula is C23H38N2O4. The van der Waals surface area contributed by atoms with Crippen LogP contribution in [0.3, 0.4) is 0 Å². The van der Waals surface area contributed by atoms with E-state index in [-0.39, 0.29) is 18.4 Å². The first-order valence-electron chi connectivity index (χ1n) is 10.7. The predicted octanol–water partition coefficient (Wildman–Crippen LogP) is 3.88. The number of hydrogen-bond donors (Lipinski definition) is 2. The van der Waals surface area contributed by atoms with Crippen molar-refractivity contribution >= 4 is 11.9 Å². The Labute approximate surface area is 175 Å². The number of likely N-dealkylation sites (N-methyl/N-ethyl adjacent to an activating group) is 1. The second-order valence-corrected chi connectivity index (χ2v) is 7.95. The molecule has 0 spiro atoms. The highest BCUT2D eigenvalue weighted by Crippen LogP contribution is 2.15. The predicted molar refractivity (Wildman–Crippen MR) is 116 cm³/mol. The fourth-order valence-corrected chi connectivity index (χ4v) is 3.40. The van der Waals surface area contributed by atoms with E-state index in [0.29, 0.717) is 13.0 Å². The molecule has 1 amide bonds. The average molecular weight is 407 g/mol. The molecule has 1 unspecified atom stereocenters. The molecule has 1 aromatic rings. The van der Waals surface area contributed by atoms with E-state index in [2.05, 4.69) is 17.4 Å². The summed E-state index contributed by atoms with van der Waals surface area (Å²) in [7, 11) is 5.43. The lowest BCUT2D eigenvalue weighted by molar-refractivity contribution is -0.137. The molecule has 164 valence electrons. The van der Waals surface area contributed by atoms with E-state index in [4.69, 9.17) is 9.84 Å². The summed E-state index contributed by atoms with van der Waals surface area (Å²) in [6.45, 7) is 0.536. The third-order valence-corrected chi connectivity index (χ3v) is 4.90. The monoisotopic (exact) mass is 406 g/mol. The van der Waals surface area contributed by atoms with Crippen LogP contribution in [0.2, 0.25) is 0 Å². The summed E-state index contributed by atoms with van der Waals surface area (Å²) in [6, 6.07) is 7.94. The zero-order valence-corrected chi connectivity index (χ0v) is 18.3. The topological polar surface area (TPSA) is 78.9 Å². The Balaban J connectivity index is 2.03. The zero-order chi connectivity index (χ0) is 21.5. The molecule has 0 saturated heterocycles. The molecule has 2 N–H and O–H groups in total. The van der Waals surface area contributed by atoms with Gasteiger partial charge in [-0.3, -0.25) is 9.59 Å². The van der Waals surface area contributed by atoms with E-state index in [9.17, 15) is 9.59 Å². The molecule has 0 aliphatic heterocycles. The SMILES string of the molecule is COc1ccc(CCCCCCCCCC(=O)NC(CC(=O)O)CN(C)C)cc1. The number of carboxylic acids is 1. The number of carboxylic acid groups (broad SMARTS) is 1. The van der Waals surface area contributed by atoms with Gasteiger partial charge in [-0.15, -0.1) is 0 Å². The van der Waals surface area contributed by atoms with Crippen molar-refractivity contribution in [3.8, 4) is 5.75 Å². The smallest absolute Gasteiger partial charge is 0.305 e. The largest absolute Gasteiger partial charge is 0.497 e. The van der Waals surface area contributed by atoms with Gasteiger partial charge in [0.15, 0.2) is 0 Å². The lowest BCUT2D eigenvalue weighted by Gasteiger charge is -2.20. The van der Waals surface area contributed by atoms with Gasteiger partial charge in [-0.25, -0.2) is 0 Å². The fraction of sp³-hybridized carbons (Fsp3) is 0.652. The fourth-order valence-electron chi connectivity index (χ4n) is 3.40. The van der Waals surface area contributed by atoms with Crippen LogP contribution in [0.4, 0.5) is 0 Å². The number of carbonyl (C=O) groups is 2. The maximum Gasteiger partial charge on any atom is 0.305 e. The third kappa shape index (κ3) is 12.9. The number of carbonyl (C=O) groups excluding carboxylic acids is 1. The molecule has 0 fully saturated rings. The summed E-state index contributed by atoms with van der Waals surface area (Å²) < 4.78 is 5.17. The van der Waals surface area contributed by atoms with Crippen molar-refractivity contribution in [3.05, 3.63) is 29.8 Å². The van der Waals surface area contributed by atoms with Gasteiger partial charge in [-0.05, 0) is 51.1 Å². The first-order chi connectivity index (χ1) is 13.9. The lowest BCUT2D eigenvalue weighted by Crippen LogP contribution is -2.42. The Kier molecular flexibility index (Phi) is 12.8. The van der Waals surface area contributed by atoms with E-state index in [1.165, 1.54) is 31.2 Å². The number of ether oxygens (including phenoxy) is 1. The Bertz CT molecular complexity index is 587. The molecule has 1 aromatic carbocycles. The molecule has 0 heterocycles. The Hall–Kier alpha value is -2.08. The Morgan fingerprint density at radius 1 is 1.00 bits per heavy atom. The molecule has 0 radical (unpaired) electrons. The maximum atomic E-state index is 12.0. The molecule has 1 rings (SSSR count). The first-order valence-corrected chi connectivity index (χ1v) is 10.7. The number of unbranched alkanes of at least 4 members (excludes halogenated alkanes) is 6. The van der Waals surface area contributed by atoms with Crippen LogP contribution in [0.5, 0.6) is 5.75 Å². The summed E-state index contributed by atoms with van der Waals surface area (Å²) in [6.07, 6.45) is 9.45. The first kappa shape index (κ1) is 25.0. The van der Waals surface area contributed by atoms with Crippen LogP contribution in [0.25, 0.3) is 0 Å². The van der Waals surface area contributed by atoms with E-state index in [0.717, 1.165) is 31.4 Å². The molecule has 0 aliphatic rings. The van der Waals surface area contributed by atoms with Gasteiger partial charge >= 0.3 is 5.97 Å².